The van der Waals surface area contributed by atoms with E-state index >= 15 is 0 Å². The predicted molar refractivity (Wildman–Crippen MR) is 96.3 cm³/mol. The summed E-state index contributed by atoms with van der Waals surface area (Å²) in [6.07, 6.45) is 2.67. The summed E-state index contributed by atoms with van der Waals surface area (Å²) in [4.78, 5) is 19.2. The minimum atomic E-state index is -3.29. The molecule has 0 spiro atoms. The highest BCUT2D eigenvalue weighted by molar-refractivity contribution is 7.90. The zero-order chi connectivity index (χ0) is 18.9. The van der Waals surface area contributed by atoms with Crippen LogP contribution in [0, 0.1) is 0 Å². The zero-order valence-corrected chi connectivity index (χ0v) is 15.5. The second kappa shape index (κ2) is 7.14. The zero-order valence-electron chi connectivity index (χ0n) is 14.6. The van der Waals surface area contributed by atoms with Crippen molar-refractivity contribution >= 4 is 15.7 Å². The lowest BCUT2D eigenvalue weighted by Crippen LogP contribution is -2.31. The van der Waals surface area contributed by atoms with E-state index in [2.05, 4.69) is 15.2 Å². The molecule has 0 saturated heterocycles. The van der Waals surface area contributed by atoms with E-state index in [9.17, 15) is 18.3 Å². The van der Waals surface area contributed by atoms with Gasteiger partial charge in [-0.3, -0.25) is 14.7 Å². The number of carbonyl (C=O) groups is 1. The fourth-order valence-corrected chi connectivity index (χ4v) is 3.60. The molecule has 0 bridgehead atoms. The number of pyridine rings is 1. The van der Waals surface area contributed by atoms with Crippen molar-refractivity contribution in [2.24, 2.45) is 0 Å². The van der Waals surface area contributed by atoms with Gasteiger partial charge in [-0.05, 0) is 36.4 Å². The minimum Gasteiger partial charge on any atom is -0.394 e. The molecule has 1 aliphatic heterocycles. The molecule has 8 heteroatoms. The largest absolute Gasteiger partial charge is 0.394 e. The van der Waals surface area contributed by atoms with Gasteiger partial charge in [-0.25, -0.2) is 8.42 Å². The van der Waals surface area contributed by atoms with Gasteiger partial charge in [0.1, 0.15) is 0 Å². The number of rotatable bonds is 5. The number of aliphatic hydroxyl groups excluding tert-OH is 1. The molecule has 26 heavy (non-hydrogen) atoms. The Bertz CT molecular complexity index is 926. The van der Waals surface area contributed by atoms with Gasteiger partial charge in [-0.1, -0.05) is 12.1 Å². The van der Waals surface area contributed by atoms with Gasteiger partial charge in [-0.15, -0.1) is 0 Å². The lowest BCUT2D eigenvalue weighted by molar-refractivity contribution is 0.0915. The van der Waals surface area contributed by atoms with Crippen LogP contribution in [0.15, 0.2) is 41.4 Å². The standard InChI is InChI=1S/C18H21N3O4S/c1-21-9-14-7-13(8-19-16(14)10-21)18(23)20-17(11-22)12-3-5-15(6-4-12)26(2,24)25/h3-8,17,22H,9-11H2,1-2H3,(H,20,23)/t17-/m0/s1. The van der Waals surface area contributed by atoms with Crippen LogP contribution in [0.25, 0.3) is 0 Å². The molecule has 0 saturated carbocycles. The molecule has 1 aliphatic rings. The van der Waals surface area contributed by atoms with Crippen molar-refractivity contribution in [3.63, 3.8) is 0 Å². The second-order valence-corrected chi connectivity index (χ2v) is 8.57. The van der Waals surface area contributed by atoms with Crippen LogP contribution in [0.4, 0.5) is 0 Å². The quantitative estimate of drug-likeness (QED) is 0.805. The van der Waals surface area contributed by atoms with Crippen LogP contribution in [-0.2, 0) is 22.9 Å². The lowest BCUT2D eigenvalue weighted by atomic mass is 10.1. The first kappa shape index (κ1) is 18.5. The van der Waals surface area contributed by atoms with Crippen molar-refractivity contribution in [2.45, 2.75) is 24.0 Å². The van der Waals surface area contributed by atoms with E-state index in [0.717, 1.165) is 30.6 Å². The minimum absolute atomic E-state index is 0.191. The molecule has 1 atom stereocenters. The number of fused-ring (bicyclic) bond motifs is 1. The maximum atomic E-state index is 12.5. The fraction of sp³-hybridized carbons (Fsp3) is 0.333. The third kappa shape index (κ3) is 3.92. The summed E-state index contributed by atoms with van der Waals surface area (Å²) < 4.78 is 23.1. The first-order valence-electron chi connectivity index (χ1n) is 8.16. The Morgan fingerprint density at radius 2 is 2.00 bits per heavy atom. The monoisotopic (exact) mass is 375 g/mol. The van der Waals surface area contributed by atoms with Gasteiger partial charge in [0.05, 0.1) is 28.8 Å². The van der Waals surface area contributed by atoms with Gasteiger partial charge in [0, 0.05) is 25.5 Å². The van der Waals surface area contributed by atoms with Crippen molar-refractivity contribution in [1.29, 1.82) is 0 Å². The first-order chi connectivity index (χ1) is 12.3. The van der Waals surface area contributed by atoms with E-state index in [1.165, 1.54) is 18.3 Å². The third-order valence-electron chi connectivity index (χ3n) is 4.38. The molecule has 1 aromatic heterocycles. The highest BCUT2D eigenvalue weighted by atomic mass is 32.2. The van der Waals surface area contributed by atoms with Crippen LogP contribution >= 0.6 is 0 Å². The molecule has 1 amide bonds. The highest BCUT2D eigenvalue weighted by Gasteiger charge is 2.21. The smallest absolute Gasteiger partial charge is 0.253 e. The van der Waals surface area contributed by atoms with Crippen molar-refractivity contribution in [2.75, 3.05) is 19.9 Å². The SMILES string of the molecule is CN1Cc2cc(C(=O)N[C@@H](CO)c3ccc(S(C)(=O)=O)cc3)cnc2C1. The van der Waals surface area contributed by atoms with Gasteiger partial charge in [0.15, 0.2) is 9.84 Å². The van der Waals surface area contributed by atoms with Crippen LogP contribution in [-0.4, -0.2) is 49.2 Å². The highest BCUT2D eigenvalue weighted by Crippen LogP contribution is 2.21. The number of amides is 1. The van der Waals surface area contributed by atoms with E-state index in [-0.39, 0.29) is 17.4 Å². The topological polar surface area (TPSA) is 99.6 Å². The molecule has 0 radical (unpaired) electrons. The number of hydrogen-bond acceptors (Lipinski definition) is 6. The number of aromatic nitrogens is 1. The van der Waals surface area contributed by atoms with Crippen molar-refractivity contribution in [3.05, 3.63) is 58.9 Å². The fourth-order valence-electron chi connectivity index (χ4n) is 2.97. The Kier molecular flexibility index (Phi) is 5.08. The molecule has 2 N–H and O–H groups in total. The van der Waals surface area contributed by atoms with E-state index in [1.54, 1.807) is 12.1 Å². The molecule has 3 rings (SSSR count). The summed E-state index contributed by atoms with van der Waals surface area (Å²) in [5.41, 5.74) is 3.06. The first-order valence-corrected chi connectivity index (χ1v) is 10.0. The maximum Gasteiger partial charge on any atom is 0.253 e. The molecule has 0 fully saturated rings. The summed E-state index contributed by atoms with van der Waals surface area (Å²) in [6.45, 7) is 1.22. The Morgan fingerprint density at radius 1 is 1.31 bits per heavy atom. The number of carbonyl (C=O) groups excluding carboxylic acids is 1. The Morgan fingerprint density at radius 3 is 2.62 bits per heavy atom. The number of benzene rings is 1. The molecular weight excluding hydrogens is 354 g/mol. The van der Waals surface area contributed by atoms with Crippen LogP contribution < -0.4 is 5.32 Å². The summed E-state index contributed by atoms with van der Waals surface area (Å²) in [6, 6.07) is 7.30. The lowest BCUT2D eigenvalue weighted by Gasteiger charge is -2.17. The molecule has 1 aromatic carbocycles. The summed E-state index contributed by atoms with van der Waals surface area (Å²) in [5.74, 6) is -0.332. The van der Waals surface area contributed by atoms with E-state index < -0.39 is 15.9 Å². The van der Waals surface area contributed by atoms with Crippen LogP contribution in [0.3, 0.4) is 0 Å². The predicted octanol–water partition coefficient (Wildman–Crippen LogP) is 0.894. The van der Waals surface area contributed by atoms with E-state index in [4.69, 9.17) is 0 Å². The van der Waals surface area contributed by atoms with Crippen molar-refractivity contribution < 1.29 is 18.3 Å². The maximum absolute atomic E-state index is 12.5. The molecule has 2 heterocycles. The van der Waals surface area contributed by atoms with Crippen molar-refractivity contribution in [3.8, 4) is 0 Å². The van der Waals surface area contributed by atoms with Gasteiger partial charge in [-0.2, -0.15) is 0 Å². The normalized spacial score (nSPS) is 15.5. The molecule has 7 nitrogen and oxygen atoms in total. The van der Waals surface area contributed by atoms with Crippen LogP contribution in [0.1, 0.15) is 33.2 Å². The molecule has 0 aliphatic carbocycles. The average molecular weight is 375 g/mol. The second-order valence-electron chi connectivity index (χ2n) is 6.55. The third-order valence-corrected chi connectivity index (χ3v) is 5.51. The molecular formula is C18H21N3O4S. The van der Waals surface area contributed by atoms with Gasteiger partial charge >= 0.3 is 0 Å². The van der Waals surface area contributed by atoms with Crippen LogP contribution in [0.2, 0.25) is 0 Å². The Labute approximate surface area is 152 Å². The van der Waals surface area contributed by atoms with Crippen molar-refractivity contribution in [1.82, 2.24) is 15.2 Å². The Balaban J connectivity index is 1.76. The average Bonchev–Trinajstić information content (AvgIpc) is 2.98. The van der Waals surface area contributed by atoms with Gasteiger partial charge in [0.25, 0.3) is 5.91 Å². The molecule has 138 valence electrons. The summed E-state index contributed by atoms with van der Waals surface area (Å²) in [7, 11) is -1.30. The molecule has 2 aromatic rings. The Hall–Kier alpha value is -2.29. The number of hydrogen-bond donors (Lipinski definition) is 2. The summed E-state index contributed by atoms with van der Waals surface area (Å²) in [5, 5.41) is 12.4. The van der Waals surface area contributed by atoms with Gasteiger partial charge < -0.3 is 10.4 Å². The van der Waals surface area contributed by atoms with E-state index in [1.807, 2.05) is 13.1 Å². The van der Waals surface area contributed by atoms with Crippen LogP contribution in [0.5, 0.6) is 0 Å². The number of aliphatic hydroxyl groups is 1. The number of nitrogens with zero attached hydrogens (tertiary/aromatic N) is 2. The molecule has 0 unspecified atom stereocenters. The summed E-state index contributed by atoms with van der Waals surface area (Å²) >= 11 is 0. The number of sulfone groups is 1. The van der Waals surface area contributed by atoms with Gasteiger partial charge in [0.2, 0.25) is 0 Å². The van der Waals surface area contributed by atoms with E-state index in [0.29, 0.717) is 11.1 Å². The number of nitrogens with one attached hydrogen (secondary N) is 1.